The van der Waals surface area contributed by atoms with Crippen molar-refractivity contribution in [1.82, 2.24) is 40.8 Å². The highest BCUT2D eigenvalue weighted by Gasteiger charge is 2.52. The van der Waals surface area contributed by atoms with E-state index < -0.39 is 0 Å². The molecule has 2 saturated heterocycles. The van der Waals surface area contributed by atoms with Crippen molar-refractivity contribution in [2.45, 2.75) is 43.4 Å². The van der Waals surface area contributed by atoms with Crippen molar-refractivity contribution in [3.8, 4) is 45.0 Å². The van der Waals surface area contributed by atoms with Crippen molar-refractivity contribution in [1.29, 1.82) is 0 Å². The Morgan fingerprint density at radius 1 is 0.644 bits per heavy atom. The predicted octanol–water partition coefficient (Wildman–Crippen LogP) is 5.39. The first-order valence-electron chi connectivity index (χ1n) is 20.1. The van der Waals surface area contributed by atoms with Crippen LogP contribution in [0.3, 0.4) is 0 Å². The normalized spacial score (nSPS) is 18.3. The van der Waals surface area contributed by atoms with Gasteiger partial charge < -0.3 is 30.8 Å². The fourth-order valence-electron chi connectivity index (χ4n) is 10.1. The lowest BCUT2D eigenvalue weighted by molar-refractivity contribution is -0.136. The minimum atomic E-state index is -0.311. The SMILES string of the molecule is CC(=O)N1CC2(CNC(=O)c3c2[nH]c2c3CCc3cnc(-c4ccccc4F)cc3-2)C1.O=C1NCC2(CNC2)c2[nH]c3c(c21)CCc1cnc(-c2ccccc2F)cc1-3. The fourth-order valence-corrected chi connectivity index (χ4v) is 10.1. The summed E-state index contributed by atoms with van der Waals surface area (Å²) in [6, 6.07) is 17.2. The third-order valence-corrected chi connectivity index (χ3v) is 13.4. The number of nitrogens with zero attached hydrogens (tertiary/aromatic N) is 3. The molecule has 2 spiro atoms. The van der Waals surface area contributed by atoms with Crippen LogP contribution in [0, 0.1) is 11.6 Å². The van der Waals surface area contributed by atoms with Crippen molar-refractivity contribution < 1.29 is 23.2 Å². The van der Waals surface area contributed by atoms with Crippen LogP contribution >= 0.6 is 0 Å². The number of benzene rings is 2. The second-order valence-electron chi connectivity index (χ2n) is 16.8. The van der Waals surface area contributed by atoms with E-state index in [-0.39, 0.29) is 40.2 Å². The number of carbonyl (C=O) groups excluding carboxylic acids is 3. The largest absolute Gasteiger partial charge is 0.357 e. The smallest absolute Gasteiger partial charge is 0.253 e. The molecule has 0 saturated carbocycles. The maximum atomic E-state index is 14.4. The van der Waals surface area contributed by atoms with Gasteiger partial charge in [0.05, 0.1) is 44.7 Å². The van der Waals surface area contributed by atoms with Crippen molar-refractivity contribution in [2.75, 3.05) is 39.3 Å². The Balaban J connectivity index is 0.000000135. The van der Waals surface area contributed by atoms with Crippen LogP contribution in [0.2, 0.25) is 0 Å². The number of hydrogen-bond donors (Lipinski definition) is 5. The van der Waals surface area contributed by atoms with Crippen LogP contribution in [-0.2, 0) is 41.3 Å². The fraction of sp³-hybridized carbons (Fsp3) is 0.283. The zero-order valence-electron chi connectivity index (χ0n) is 32.3. The van der Waals surface area contributed by atoms with E-state index in [1.165, 1.54) is 12.1 Å². The topological polar surface area (TPSA) is 148 Å². The number of likely N-dealkylation sites (tertiary alicyclic amines) is 1. The van der Waals surface area contributed by atoms with Gasteiger partial charge in [-0.25, -0.2) is 8.78 Å². The molecule has 4 aliphatic heterocycles. The summed E-state index contributed by atoms with van der Waals surface area (Å²) in [6.45, 7) is 5.67. The average Bonchev–Trinajstić information content (AvgIpc) is 3.82. The molecular formula is C46H40F2N8O3. The van der Waals surface area contributed by atoms with Crippen molar-refractivity contribution in [3.05, 3.63) is 129 Å². The third kappa shape index (κ3) is 5.36. The van der Waals surface area contributed by atoms with Crippen LogP contribution in [0.5, 0.6) is 0 Å². The maximum Gasteiger partial charge on any atom is 0.253 e. The van der Waals surface area contributed by atoms with Crippen LogP contribution in [0.4, 0.5) is 8.78 Å². The molecule has 3 amide bonds. The van der Waals surface area contributed by atoms with Gasteiger partial charge in [-0.2, -0.15) is 0 Å². The second-order valence-corrected chi connectivity index (χ2v) is 16.8. The lowest BCUT2D eigenvalue weighted by atomic mass is 9.72. The molecule has 0 unspecified atom stereocenters. The lowest BCUT2D eigenvalue weighted by Gasteiger charge is -2.51. The van der Waals surface area contributed by atoms with Crippen LogP contribution < -0.4 is 16.0 Å². The summed E-state index contributed by atoms with van der Waals surface area (Å²) in [5.74, 6) is -0.598. The molecule has 11 nitrogen and oxygen atoms in total. The molecule has 59 heavy (non-hydrogen) atoms. The number of aryl methyl sites for hydroxylation is 2. The summed E-state index contributed by atoms with van der Waals surface area (Å²) in [4.78, 5) is 55.3. The summed E-state index contributed by atoms with van der Waals surface area (Å²) in [5.41, 5.74) is 13.6. The van der Waals surface area contributed by atoms with Gasteiger partial charge in [-0.3, -0.25) is 24.4 Å². The number of aromatic nitrogens is 4. The molecule has 296 valence electrons. The highest BCUT2D eigenvalue weighted by molar-refractivity contribution is 6.02. The number of amides is 3. The van der Waals surface area contributed by atoms with Crippen LogP contribution in [-0.4, -0.2) is 81.8 Å². The molecule has 4 aromatic heterocycles. The number of hydrogen-bond acceptors (Lipinski definition) is 6. The van der Waals surface area contributed by atoms with Crippen molar-refractivity contribution >= 4 is 17.7 Å². The minimum Gasteiger partial charge on any atom is -0.357 e. The molecule has 13 heteroatoms. The van der Waals surface area contributed by atoms with E-state index in [0.717, 1.165) is 106 Å². The van der Waals surface area contributed by atoms with Gasteiger partial charge in [0.1, 0.15) is 11.6 Å². The summed E-state index contributed by atoms with van der Waals surface area (Å²) >= 11 is 0. The molecular weight excluding hydrogens is 751 g/mol. The van der Waals surface area contributed by atoms with Gasteiger partial charge in [-0.05, 0) is 84.3 Å². The Bertz CT molecular complexity index is 2800. The molecule has 6 aromatic rings. The van der Waals surface area contributed by atoms with E-state index in [1.54, 1.807) is 42.2 Å². The van der Waals surface area contributed by atoms with Gasteiger partial charge in [0.15, 0.2) is 0 Å². The lowest BCUT2D eigenvalue weighted by Crippen LogP contribution is -2.67. The zero-order chi connectivity index (χ0) is 40.2. The molecule has 2 aromatic carbocycles. The molecule has 0 atom stereocenters. The van der Waals surface area contributed by atoms with Crippen LogP contribution in [0.1, 0.15) is 61.3 Å². The van der Waals surface area contributed by atoms with E-state index in [2.05, 4.69) is 35.9 Å². The number of halogens is 2. The number of pyridine rings is 2. The highest BCUT2D eigenvalue weighted by Crippen LogP contribution is 2.46. The molecule has 6 aliphatic rings. The first kappa shape index (κ1) is 35.7. The Morgan fingerprint density at radius 3 is 1.58 bits per heavy atom. The van der Waals surface area contributed by atoms with Crippen molar-refractivity contribution in [2.24, 2.45) is 0 Å². The molecule has 5 N–H and O–H groups in total. The molecule has 0 radical (unpaired) electrons. The predicted molar refractivity (Wildman–Crippen MR) is 217 cm³/mol. The maximum absolute atomic E-state index is 14.4. The molecule has 12 rings (SSSR count). The Morgan fingerprint density at radius 2 is 1.12 bits per heavy atom. The van der Waals surface area contributed by atoms with Crippen LogP contribution in [0.15, 0.2) is 73.1 Å². The van der Waals surface area contributed by atoms with E-state index >= 15 is 0 Å². The van der Waals surface area contributed by atoms with Gasteiger partial charge in [0.25, 0.3) is 11.8 Å². The second kappa shape index (κ2) is 13.0. The summed E-state index contributed by atoms with van der Waals surface area (Å²) < 4.78 is 28.7. The molecule has 0 bridgehead atoms. The molecule has 8 heterocycles. The number of nitrogens with one attached hydrogen (secondary N) is 5. The van der Waals surface area contributed by atoms with E-state index in [9.17, 15) is 23.2 Å². The molecule has 2 aliphatic carbocycles. The van der Waals surface area contributed by atoms with Gasteiger partial charge in [0.2, 0.25) is 5.91 Å². The Labute approximate surface area is 338 Å². The van der Waals surface area contributed by atoms with Gasteiger partial charge >= 0.3 is 0 Å². The number of H-pyrrole nitrogens is 2. The van der Waals surface area contributed by atoms with Crippen LogP contribution in [0.25, 0.3) is 45.0 Å². The number of aromatic amines is 2. The average molecular weight is 791 g/mol. The van der Waals surface area contributed by atoms with E-state index in [0.29, 0.717) is 48.7 Å². The van der Waals surface area contributed by atoms with Gasteiger partial charge in [0, 0.05) is 92.2 Å². The summed E-state index contributed by atoms with van der Waals surface area (Å²) in [7, 11) is 0. The van der Waals surface area contributed by atoms with Gasteiger partial charge in [-0.15, -0.1) is 0 Å². The van der Waals surface area contributed by atoms with Crippen molar-refractivity contribution in [3.63, 3.8) is 0 Å². The number of rotatable bonds is 2. The van der Waals surface area contributed by atoms with E-state index in [4.69, 9.17) is 0 Å². The van der Waals surface area contributed by atoms with E-state index in [1.807, 2.05) is 30.6 Å². The monoisotopic (exact) mass is 790 g/mol. The first-order chi connectivity index (χ1) is 28.6. The first-order valence-corrected chi connectivity index (χ1v) is 20.1. The quantitative estimate of drug-likeness (QED) is 0.159. The number of carbonyl (C=O) groups is 3. The highest BCUT2D eigenvalue weighted by atomic mass is 19.1. The Kier molecular flexibility index (Phi) is 7.87. The molecule has 2 fully saturated rings. The third-order valence-electron chi connectivity index (χ3n) is 13.4. The minimum absolute atomic E-state index is 0.0110. The summed E-state index contributed by atoms with van der Waals surface area (Å²) in [5, 5.41) is 9.45. The summed E-state index contributed by atoms with van der Waals surface area (Å²) in [6.07, 6.45) is 6.82. The Hall–Kier alpha value is -6.47. The standard InChI is InChI=1S/C24H21FN4O2.C22H19FN4O/c1-13(30)29-11-24(12-29)10-27-23(31)20-16-7-6-14-9-26-19(15-4-2-3-5-18(15)25)8-17(14)21(16)28-22(20)24;23-16-4-2-1-3-13(16)17-7-15-12(8-25-17)5-6-14-18-20(27-19(14)15)22(9-24-10-22)11-26-21(18)28/h2-5,8-9,28H,6-7,10-12H2,1H3,(H,27,31);1-4,7-8,24,27H,5-6,9-11H2,(H,26,28). The number of fused-ring (bicyclic) bond motifs is 12. The van der Waals surface area contributed by atoms with Gasteiger partial charge in [-0.1, -0.05) is 24.3 Å². The zero-order valence-corrected chi connectivity index (χ0v) is 32.3.